The molecular formula is C16H25NO3. The van der Waals surface area contributed by atoms with Gasteiger partial charge in [0.1, 0.15) is 0 Å². The van der Waals surface area contributed by atoms with Crippen LogP contribution >= 0.6 is 0 Å². The highest BCUT2D eigenvalue weighted by Crippen LogP contribution is 2.39. The molecule has 0 saturated carbocycles. The third kappa shape index (κ3) is 3.90. The highest BCUT2D eigenvalue weighted by molar-refractivity contribution is 5.54. The molecule has 4 heteroatoms. The van der Waals surface area contributed by atoms with E-state index in [2.05, 4.69) is 32.2 Å². The number of benzene rings is 1. The zero-order valence-corrected chi connectivity index (χ0v) is 13.2. The summed E-state index contributed by atoms with van der Waals surface area (Å²) in [6.07, 6.45) is 2.18. The van der Waals surface area contributed by atoms with E-state index in [0.29, 0.717) is 17.2 Å². The van der Waals surface area contributed by atoms with E-state index in [1.807, 2.05) is 12.1 Å². The first kappa shape index (κ1) is 16.4. The van der Waals surface area contributed by atoms with E-state index in [1.165, 1.54) is 5.57 Å². The average Bonchev–Trinajstić information content (AvgIpc) is 2.44. The van der Waals surface area contributed by atoms with Crippen molar-refractivity contribution in [3.63, 3.8) is 0 Å². The van der Waals surface area contributed by atoms with Gasteiger partial charge in [0.15, 0.2) is 11.5 Å². The zero-order valence-electron chi connectivity index (χ0n) is 13.2. The predicted octanol–water partition coefficient (Wildman–Crippen LogP) is 3.33. The summed E-state index contributed by atoms with van der Waals surface area (Å²) in [5.41, 5.74) is 2.34. The molecule has 1 aromatic carbocycles. The van der Waals surface area contributed by atoms with Crippen LogP contribution in [0, 0.1) is 0 Å². The number of likely N-dealkylation sites (N-methyl/N-ethyl adjacent to an activating group) is 1. The molecule has 1 atom stereocenters. The molecule has 0 aromatic heterocycles. The fourth-order valence-corrected chi connectivity index (χ4v) is 2.11. The summed E-state index contributed by atoms with van der Waals surface area (Å²) in [6, 6.07) is 4.08. The summed E-state index contributed by atoms with van der Waals surface area (Å²) in [5.74, 6) is 1.96. The number of methoxy groups -OCH3 is 3. The highest BCUT2D eigenvalue weighted by Gasteiger charge is 2.17. The van der Waals surface area contributed by atoms with Crippen molar-refractivity contribution in [3.8, 4) is 17.2 Å². The monoisotopic (exact) mass is 279 g/mol. The van der Waals surface area contributed by atoms with E-state index in [0.717, 1.165) is 12.1 Å². The van der Waals surface area contributed by atoms with Gasteiger partial charge < -0.3 is 19.5 Å². The Balaban J connectivity index is 3.31. The topological polar surface area (TPSA) is 39.7 Å². The number of rotatable bonds is 7. The number of nitrogens with one attached hydrogen (secondary N) is 1. The van der Waals surface area contributed by atoms with Crippen LogP contribution in [0.4, 0.5) is 0 Å². The third-order valence-corrected chi connectivity index (χ3v) is 2.97. The van der Waals surface area contributed by atoms with E-state index >= 15 is 0 Å². The molecule has 1 rings (SSSR count). The first-order valence-electron chi connectivity index (χ1n) is 6.75. The second kappa shape index (κ2) is 7.80. The molecule has 0 amide bonds. The Morgan fingerprint density at radius 3 is 2.00 bits per heavy atom. The molecule has 1 unspecified atom stereocenters. The minimum absolute atomic E-state index is 0.124. The molecule has 0 bridgehead atoms. The van der Waals surface area contributed by atoms with Crippen molar-refractivity contribution in [2.75, 3.05) is 27.9 Å². The van der Waals surface area contributed by atoms with Gasteiger partial charge in [-0.25, -0.2) is 0 Å². The summed E-state index contributed by atoms with van der Waals surface area (Å²) in [4.78, 5) is 0. The molecule has 0 saturated heterocycles. The Morgan fingerprint density at radius 2 is 1.65 bits per heavy atom. The van der Waals surface area contributed by atoms with Crippen molar-refractivity contribution in [2.24, 2.45) is 0 Å². The molecule has 4 nitrogen and oxygen atoms in total. The first-order chi connectivity index (χ1) is 9.57. The van der Waals surface area contributed by atoms with Crippen LogP contribution in [-0.2, 0) is 0 Å². The summed E-state index contributed by atoms with van der Waals surface area (Å²) in [6.45, 7) is 7.14. The number of ether oxygens (including phenoxy) is 3. The first-order valence-corrected chi connectivity index (χ1v) is 6.75. The van der Waals surface area contributed by atoms with Gasteiger partial charge in [0.05, 0.1) is 27.4 Å². The minimum Gasteiger partial charge on any atom is -0.493 e. The molecular weight excluding hydrogens is 254 g/mol. The Kier molecular flexibility index (Phi) is 6.39. The van der Waals surface area contributed by atoms with Gasteiger partial charge in [-0.15, -0.1) is 0 Å². The largest absolute Gasteiger partial charge is 0.493 e. The summed E-state index contributed by atoms with van der Waals surface area (Å²) in [5, 5.41) is 3.44. The van der Waals surface area contributed by atoms with E-state index in [-0.39, 0.29) is 6.04 Å². The Hall–Kier alpha value is -1.68. The van der Waals surface area contributed by atoms with Gasteiger partial charge in [0, 0.05) is 0 Å². The predicted molar refractivity (Wildman–Crippen MR) is 81.9 cm³/mol. The third-order valence-electron chi connectivity index (χ3n) is 2.97. The quantitative estimate of drug-likeness (QED) is 0.777. The van der Waals surface area contributed by atoms with Gasteiger partial charge in [-0.2, -0.15) is 0 Å². The van der Waals surface area contributed by atoms with E-state index in [9.17, 15) is 0 Å². The zero-order chi connectivity index (χ0) is 15.1. The standard InChI is InChI=1S/C16H25NO3/c1-7-17-13(8-11(2)3)12-9-14(18-4)16(20-6)15(10-12)19-5/h8-10,13,17H,7H2,1-6H3. The summed E-state index contributed by atoms with van der Waals surface area (Å²) in [7, 11) is 4.87. The fourth-order valence-electron chi connectivity index (χ4n) is 2.11. The normalized spacial score (nSPS) is 11.7. The summed E-state index contributed by atoms with van der Waals surface area (Å²) < 4.78 is 16.1. The van der Waals surface area contributed by atoms with Crippen LogP contribution in [0.2, 0.25) is 0 Å². The number of allylic oxidation sites excluding steroid dienone is 1. The number of hydrogen-bond donors (Lipinski definition) is 1. The van der Waals surface area contributed by atoms with E-state index < -0.39 is 0 Å². The van der Waals surface area contributed by atoms with Crippen molar-refractivity contribution in [2.45, 2.75) is 26.8 Å². The molecule has 0 spiro atoms. The van der Waals surface area contributed by atoms with Crippen LogP contribution in [0.15, 0.2) is 23.8 Å². The Morgan fingerprint density at radius 1 is 1.10 bits per heavy atom. The molecule has 112 valence electrons. The maximum absolute atomic E-state index is 5.40. The lowest BCUT2D eigenvalue weighted by Crippen LogP contribution is -2.19. The van der Waals surface area contributed by atoms with E-state index in [1.54, 1.807) is 21.3 Å². The molecule has 0 aliphatic heterocycles. The molecule has 0 aliphatic rings. The smallest absolute Gasteiger partial charge is 0.203 e. The second-order valence-electron chi connectivity index (χ2n) is 4.74. The minimum atomic E-state index is 0.124. The van der Waals surface area contributed by atoms with Crippen molar-refractivity contribution in [3.05, 3.63) is 29.3 Å². The van der Waals surface area contributed by atoms with Crippen molar-refractivity contribution < 1.29 is 14.2 Å². The number of hydrogen-bond acceptors (Lipinski definition) is 4. The average molecular weight is 279 g/mol. The van der Waals surface area contributed by atoms with Gasteiger partial charge in [0.25, 0.3) is 0 Å². The second-order valence-corrected chi connectivity index (χ2v) is 4.74. The molecule has 20 heavy (non-hydrogen) atoms. The fraction of sp³-hybridized carbons (Fsp3) is 0.500. The van der Waals surface area contributed by atoms with Crippen LogP contribution in [0.3, 0.4) is 0 Å². The van der Waals surface area contributed by atoms with Crippen LogP contribution in [0.1, 0.15) is 32.4 Å². The molecule has 0 aliphatic carbocycles. The van der Waals surface area contributed by atoms with Gasteiger partial charge in [0.2, 0.25) is 5.75 Å². The van der Waals surface area contributed by atoms with E-state index in [4.69, 9.17) is 14.2 Å². The highest BCUT2D eigenvalue weighted by atomic mass is 16.5. The molecule has 1 N–H and O–H groups in total. The SMILES string of the molecule is CCNC(C=C(C)C)c1cc(OC)c(OC)c(OC)c1. The Bertz CT molecular complexity index is 440. The van der Waals surface area contributed by atoms with Gasteiger partial charge in [-0.1, -0.05) is 18.6 Å². The van der Waals surface area contributed by atoms with Gasteiger partial charge in [-0.3, -0.25) is 0 Å². The van der Waals surface area contributed by atoms with Crippen LogP contribution in [0.5, 0.6) is 17.2 Å². The Labute approximate surface area is 121 Å². The van der Waals surface area contributed by atoms with Crippen LogP contribution in [0.25, 0.3) is 0 Å². The molecule has 0 fully saturated rings. The molecule has 0 radical (unpaired) electrons. The lowest BCUT2D eigenvalue weighted by atomic mass is 10.0. The lowest BCUT2D eigenvalue weighted by Gasteiger charge is -2.19. The lowest BCUT2D eigenvalue weighted by molar-refractivity contribution is 0.323. The van der Waals surface area contributed by atoms with Crippen LogP contribution in [-0.4, -0.2) is 27.9 Å². The van der Waals surface area contributed by atoms with Gasteiger partial charge >= 0.3 is 0 Å². The maximum Gasteiger partial charge on any atom is 0.203 e. The van der Waals surface area contributed by atoms with Crippen LogP contribution < -0.4 is 19.5 Å². The van der Waals surface area contributed by atoms with Crippen molar-refractivity contribution in [1.82, 2.24) is 5.32 Å². The van der Waals surface area contributed by atoms with Gasteiger partial charge in [-0.05, 0) is 38.1 Å². The van der Waals surface area contributed by atoms with Crippen molar-refractivity contribution in [1.29, 1.82) is 0 Å². The molecule has 0 heterocycles. The maximum atomic E-state index is 5.40. The summed E-state index contributed by atoms with van der Waals surface area (Å²) >= 11 is 0. The molecule has 1 aromatic rings. The van der Waals surface area contributed by atoms with Crippen molar-refractivity contribution >= 4 is 0 Å².